The minimum atomic E-state index is -0.258. The molecule has 0 aliphatic carbocycles. The van der Waals surface area contributed by atoms with Crippen LogP contribution in [0.5, 0.6) is 0 Å². The molecule has 3 rings (SSSR count). The van der Waals surface area contributed by atoms with Gasteiger partial charge >= 0.3 is 0 Å². The van der Waals surface area contributed by atoms with E-state index in [0.29, 0.717) is 24.7 Å². The number of amidine groups is 1. The number of hydrogen-bond acceptors (Lipinski definition) is 4. The van der Waals surface area contributed by atoms with Crippen LogP contribution in [0.3, 0.4) is 0 Å². The number of nitrogens with two attached hydrogens (primary N) is 1. The lowest BCUT2D eigenvalue weighted by atomic mass is 10.1. The highest BCUT2D eigenvalue weighted by molar-refractivity contribution is 6.30. The first-order chi connectivity index (χ1) is 11.1. The largest absolute Gasteiger partial charge is 0.463 e. The predicted octanol–water partition coefficient (Wildman–Crippen LogP) is 3.20. The molecule has 2 N–H and O–H groups in total. The Bertz CT molecular complexity index is 688. The van der Waals surface area contributed by atoms with E-state index < -0.39 is 0 Å². The molecule has 0 fully saturated rings. The number of ether oxygens (including phenoxy) is 1. The Hall–Kier alpha value is -2.27. The van der Waals surface area contributed by atoms with E-state index in [0.717, 1.165) is 11.3 Å². The van der Waals surface area contributed by atoms with Gasteiger partial charge in [-0.2, -0.15) is 0 Å². The lowest BCUT2D eigenvalue weighted by Gasteiger charge is -2.26. The molecule has 0 spiro atoms. The van der Waals surface area contributed by atoms with E-state index in [-0.39, 0.29) is 17.9 Å². The van der Waals surface area contributed by atoms with Crippen LogP contribution in [-0.4, -0.2) is 25.2 Å². The number of anilines is 1. The molecule has 1 aliphatic heterocycles. The smallest absolute Gasteiger partial charge is 0.282 e. The SMILES string of the molecule is NC1=N[C@@H](CN(Cc2ccc(Cl)cc2)c2ccc(F)cc2)CO1. The van der Waals surface area contributed by atoms with Gasteiger partial charge in [-0.05, 0) is 42.0 Å². The number of aliphatic imine (C=N–C) groups is 1. The second-order valence-electron chi connectivity index (χ2n) is 5.42. The summed E-state index contributed by atoms with van der Waals surface area (Å²) in [7, 11) is 0. The molecule has 1 atom stereocenters. The molecule has 6 heteroatoms. The molecule has 0 saturated carbocycles. The maximum atomic E-state index is 13.2. The molecule has 0 aromatic heterocycles. The molecule has 120 valence electrons. The third-order valence-electron chi connectivity index (χ3n) is 3.64. The van der Waals surface area contributed by atoms with Gasteiger partial charge in [0.15, 0.2) is 0 Å². The fourth-order valence-corrected chi connectivity index (χ4v) is 2.63. The van der Waals surface area contributed by atoms with Crippen LogP contribution in [0.1, 0.15) is 5.56 Å². The van der Waals surface area contributed by atoms with E-state index in [1.165, 1.54) is 12.1 Å². The first-order valence-electron chi connectivity index (χ1n) is 7.31. The normalized spacial score (nSPS) is 16.8. The van der Waals surface area contributed by atoms with Crippen molar-refractivity contribution in [3.8, 4) is 0 Å². The molecular formula is C17H17ClFN3O. The Morgan fingerprint density at radius 2 is 1.87 bits per heavy atom. The van der Waals surface area contributed by atoms with Crippen molar-refractivity contribution in [3.63, 3.8) is 0 Å². The Labute approximate surface area is 139 Å². The summed E-state index contributed by atoms with van der Waals surface area (Å²) in [5.74, 6) is -0.258. The van der Waals surface area contributed by atoms with E-state index in [1.54, 1.807) is 12.1 Å². The van der Waals surface area contributed by atoms with Crippen LogP contribution in [0.25, 0.3) is 0 Å². The maximum Gasteiger partial charge on any atom is 0.282 e. The van der Waals surface area contributed by atoms with E-state index in [2.05, 4.69) is 9.89 Å². The number of halogens is 2. The fraction of sp³-hybridized carbons (Fsp3) is 0.235. The fourth-order valence-electron chi connectivity index (χ4n) is 2.51. The molecule has 1 aliphatic rings. The highest BCUT2D eigenvalue weighted by Crippen LogP contribution is 2.20. The van der Waals surface area contributed by atoms with Crippen molar-refractivity contribution in [1.29, 1.82) is 0 Å². The topological polar surface area (TPSA) is 50.8 Å². The van der Waals surface area contributed by atoms with Crippen LogP contribution in [-0.2, 0) is 11.3 Å². The Morgan fingerprint density at radius 1 is 1.17 bits per heavy atom. The molecule has 2 aromatic carbocycles. The Morgan fingerprint density at radius 3 is 2.48 bits per heavy atom. The quantitative estimate of drug-likeness (QED) is 0.914. The molecule has 1 heterocycles. The lowest BCUT2D eigenvalue weighted by Crippen LogP contribution is -2.32. The summed E-state index contributed by atoms with van der Waals surface area (Å²) in [5, 5.41) is 0.698. The second kappa shape index (κ2) is 6.87. The molecule has 2 aromatic rings. The van der Waals surface area contributed by atoms with Crippen LogP contribution >= 0.6 is 11.6 Å². The number of rotatable bonds is 5. The van der Waals surface area contributed by atoms with Gasteiger partial charge < -0.3 is 15.4 Å². The number of benzene rings is 2. The van der Waals surface area contributed by atoms with Gasteiger partial charge in [0.05, 0.1) is 0 Å². The van der Waals surface area contributed by atoms with E-state index in [4.69, 9.17) is 22.1 Å². The Balaban J connectivity index is 1.80. The molecule has 0 saturated heterocycles. The Kier molecular flexibility index (Phi) is 4.67. The maximum absolute atomic E-state index is 13.2. The highest BCUT2D eigenvalue weighted by Gasteiger charge is 2.20. The van der Waals surface area contributed by atoms with Gasteiger partial charge in [-0.1, -0.05) is 23.7 Å². The standard InChI is InChI=1S/C17H17ClFN3O/c18-13-3-1-12(2-4-13)9-22(10-15-11-23-17(20)21-15)16-7-5-14(19)6-8-16/h1-8,15H,9-11H2,(H2,20,21)/t15-/m0/s1. The zero-order valence-electron chi connectivity index (χ0n) is 12.5. The molecular weight excluding hydrogens is 317 g/mol. The van der Waals surface area contributed by atoms with E-state index in [1.807, 2.05) is 24.3 Å². The van der Waals surface area contributed by atoms with Crippen molar-refractivity contribution < 1.29 is 9.13 Å². The predicted molar refractivity (Wildman–Crippen MR) is 90.3 cm³/mol. The van der Waals surface area contributed by atoms with Gasteiger partial charge in [-0.15, -0.1) is 0 Å². The molecule has 0 bridgehead atoms. The third-order valence-corrected chi connectivity index (χ3v) is 3.89. The van der Waals surface area contributed by atoms with Crippen molar-refractivity contribution >= 4 is 23.3 Å². The average molecular weight is 334 g/mol. The van der Waals surface area contributed by atoms with Crippen LogP contribution in [0.15, 0.2) is 53.5 Å². The summed E-state index contributed by atoms with van der Waals surface area (Å²) in [6.07, 6.45) is 0. The highest BCUT2D eigenvalue weighted by atomic mass is 35.5. The van der Waals surface area contributed by atoms with Crippen LogP contribution < -0.4 is 10.6 Å². The zero-order valence-corrected chi connectivity index (χ0v) is 13.2. The summed E-state index contributed by atoms with van der Waals surface area (Å²) >= 11 is 5.93. The van der Waals surface area contributed by atoms with Gasteiger partial charge in [0.1, 0.15) is 18.5 Å². The minimum absolute atomic E-state index is 0.0349. The average Bonchev–Trinajstić information content (AvgIpc) is 2.95. The molecule has 0 radical (unpaired) electrons. The molecule has 0 amide bonds. The summed E-state index contributed by atoms with van der Waals surface area (Å²) in [6.45, 7) is 1.76. The van der Waals surface area contributed by atoms with Crippen molar-refractivity contribution in [1.82, 2.24) is 0 Å². The van der Waals surface area contributed by atoms with Crippen LogP contribution in [0.4, 0.5) is 10.1 Å². The summed E-state index contributed by atoms with van der Waals surface area (Å²) in [6, 6.07) is 14.3. The van der Waals surface area contributed by atoms with Crippen molar-refractivity contribution in [2.24, 2.45) is 10.7 Å². The van der Waals surface area contributed by atoms with E-state index >= 15 is 0 Å². The second-order valence-corrected chi connectivity index (χ2v) is 5.85. The number of hydrogen-bond donors (Lipinski definition) is 1. The minimum Gasteiger partial charge on any atom is -0.463 e. The summed E-state index contributed by atoms with van der Waals surface area (Å²) in [5.41, 5.74) is 7.60. The van der Waals surface area contributed by atoms with Gasteiger partial charge in [-0.25, -0.2) is 9.38 Å². The van der Waals surface area contributed by atoms with Gasteiger partial charge in [0.25, 0.3) is 6.02 Å². The summed E-state index contributed by atoms with van der Waals surface area (Å²) in [4.78, 5) is 6.39. The first-order valence-corrected chi connectivity index (χ1v) is 7.69. The third kappa shape index (κ3) is 4.13. The van der Waals surface area contributed by atoms with E-state index in [9.17, 15) is 4.39 Å². The summed E-state index contributed by atoms with van der Waals surface area (Å²) < 4.78 is 18.4. The molecule has 4 nitrogen and oxygen atoms in total. The van der Waals surface area contributed by atoms with Crippen molar-refractivity contribution in [2.75, 3.05) is 18.1 Å². The van der Waals surface area contributed by atoms with Crippen LogP contribution in [0, 0.1) is 5.82 Å². The molecule has 0 unspecified atom stereocenters. The van der Waals surface area contributed by atoms with Crippen LogP contribution in [0.2, 0.25) is 5.02 Å². The van der Waals surface area contributed by atoms with Gasteiger partial charge in [0.2, 0.25) is 0 Å². The van der Waals surface area contributed by atoms with Crippen molar-refractivity contribution in [2.45, 2.75) is 12.6 Å². The molecule has 23 heavy (non-hydrogen) atoms. The monoisotopic (exact) mass is 333 g/mol. The van der Waals surface area contributed by atoms with Gasteiger partial charge in [0, 0.05) is 23.8 Å². The zero-order chi connectivity index (χ0) is 16.2. The van der Waals surface area contributed by atoms with Gasteiger partial charge in [-0.3, -0.25) is 0 Å². The first kappa shape index (κ1) is 15.6. The van der Waals surface area contributed by atoms with Crippen molar-refractivity contribution in [3.05, 3.63) is 64.9 Å². The number of nitrogens with zero attached hydrogens (tertiary/aromatic N) is 2. The lowest BCUT2D eigenvalue weighted by molar-refractivity contribution is 0.313.